The van der Waals surface area contributed by atoms with Crippen LogP contribution in [0.25, 0.3) is 21.7 Å². The molecule has 0 radical (unpaired) electrons. The van der Waals surface area contributed by atoms with E-state index in [9.17, 15) is 9.59 Å². The molecule has 3 aromatic carbocycles. The van der Waals surface area contributed by atoms with Crippen molar-refractivity contribution in [2.24, 2.45) is 5.73 Å². The van der Waals surface area contributed by atoms with Crippen molar-refractivity contribution < 1.29 is 4.79 Å². The van der Waals surface area contributed by atoms with E-state index in [2.05, 4.69) is 41.5 Å². The molecule has 29 heavy (non-hydrogen) atoms. The summed E-state index contributed by atoms with van der Waals surface area (Å²) in [4.78, 5) is 29.0. The Balaban J connectivity index is 1.68. The normalized spacial score (nSPS) is 12.3. The summed E-state index contributed by atoms with van der Waals surface area (Å²) in [7, 11) is 0. The van der Waals surface area contributed by atoms with Crippen LogP contribution in [0.3, 0.4) is 0 Å². The standard InChI is InChI=1S/C23H22N4O2/c1-15(17-11-6-8-16-7-2-3-9-18(16)17)25-13-22-26-20-12-5-4-10-19(20)23(29)27(22)14-21(24)28/h2-12,15,25H,13-14H2,1H3,(H2,24,28)/t15-/m1/s1. The molecule has 1 heterocycles. The highest BCUT2D eigenvalue weighted by Gasteiger charge is 2.15. The Hall–Kier alpha value is -3.51. The molecule has 0 aliphatic carbocycles. The molecule has 0 fully saturated rings. The SMILES string of the molecule is C[C@@H](NCc1nc2ccccc2c(=O)n1CC(N)=O)c1cccc2ccccc12. The Bertz CT molecular complexity index is 1260. The van der Waals surface area contributed by atoms with Gasteiger partial charge in [0, 0.05) is 6.04 Å². The molecule has 0 aliphatic heterocycles. The number of rotatable bonds is 6. The van der Waals surface area contributed by atoms with Gasteiger partial charge in [-0.1, -0.05) is 54.6 Å². The first-order valence-corrected chi connectivity index (χ1v) is 9.52. The zero-order chi connectivity index (χ0) is 20.4. The first kappa shape index (κ1) is 18.8. The molecule has 4 aromatic rings. The number of fused-ring (bicyclic) bond motifs is 2. The lowest BCUT2D eigenvalue weighted by Crippen LogP contribution is -2.33. The number of primary amides is 1. The van der Waals surface area contributed by atoms with Crippen LogP contribution >= 0.6 is 0 Å². The van der Waals surface area contributed by atoms with Crippen LogP contribution in [0.2, 0.25) is 0 Å². The van der Waals surface area contributed by atoms with E-state index in [0.717, 1.165) is 5.56 Å². The van der Waals surface area contributed by atoms with Gasteiger partial charge in [-0.2, -0.15) is 0 Å². The summed E-state index contributed by atoms with van der Waals surface area (Å²) in [5.41, 5.74) is 6.87. The van der Waals surface area contributed by atoms with E-state index in [1.54, 1.807) is 18.2 Å². The molecule has 0 unspecified atom stereocenters. The number of hydrogen-bond acceptors (Lipinski definition) is 4. The van der Waals surface area contributed by atoms with Crippen molar-refractivity contribution in [2.45, 2.75) is 26.1 Å². The van der Waals surface area contributed by atoms with E-state index in [0.29, 0.717) is 23.3 Å². The molecule has 0 saturated heterocycles. The Kier molecular flexibility index (Phi) is 5.10. The van der Waals surface area contributed by atoms with Crippen LogP contribution in [0.1, 0.15) is 24.4 Å². The largest absolute Gasteiger partial charge is 0.368 e. The topological polar surface area (TPSA) is 90.0 Å². The number of carbonyl (C=O) groups excluding carboxylic acids is 1. The van der Waals surface area contributed by atoms with Gasteiger partial charge in [-0.3, -0.25) is 14.2 Å². The second-order valence-electron chi connectivity index (χ2n) is 7.07. The fourth-order valence-corrected chi connectivity index (χ4v) is 3.65. The molecule has 1 amide bonds. The predicted molar refractivity (Wildman–Crippen MR) is 114 cm³/mol. The first-order valence-electron chi connectivity index (χ1n) is 9.52. The van der Waals surface area contributed by atoms with Crippen LogP contribution < -0.4 is 16.6 Å². The third-order valence-electron chi connectivity index (χ3n) is 5.11. The molecular formula is C23H22N4O2. The number of carbonyl (C=O) groups is 1. The maximum Gasteiger partial charge on any atom is 0.261 e. The number of hydrogen-bond donors (Lipinski definition) is 2. The van der Waals surface area contributed by atoms with Crippen molar-refractivity contribution in [3.63, 3.8) is 0 Å². The van der Waals surface area contributed by atoms with Crippen molar-refractivity contribution in [2.75, 3.05) is 0 Å². The third-order valence-corrected chi connectivity index (χ3v) is 5.11. The third kappa shape index (κ3) is 3.75. The molecule has 6 heteroatoms. The fourth-order valence-electron chi connectivity index (χ4n) is 3.65. The van der Waals surface area contributed by atoms with Crippen molar-refractivity contribution in [1.82, 2.24) is 14.9 Å². The second kappa shape index (κ2) is 7.85. The molecule has 6 nitrogen and oxygen atoms in total. The molecule has 4 rings (SSSR count). The van der Waals surface area contributed by atoms with E-state index in [4.69, 9.17) is 5.73 Å². The summed E-state index contributed by atoms with van der Waals surface area (Å²) >= 11 is 0. The van der Waals surface area contributed by atoms with Gasteiger partial charge in [-0.05, 0) is 35.4 Å². The minimum atomic E-state index is -0.576. The van der Waals surface area contributed by atoms with Gasteiger partial charge >= 0.3 is 0 Å². The molecule has 0 aliphatic rings. The summed E-state index contributed by atoms with van der Waals surface area (Å²) in [6.45, 7) is 2.20. The van der Waals surface area contributed by atoms with Gasteiger partial charge < -0.3 is 11.1 Å². The monoisotopic (exact) mass is 386 g/mol. The van der Waals surface area contributed by atoms with Gasteiger partial charge in [0.2, 0.25) is 5.91 Å². The van der Waals surface area contributed by atoms with Crippen LogP contribution in [-0.2, 0) is 17.9 Å². The zero-order valence-corrected chi connectivity index (χ0v) is 16.1. The first-order chi connectivity index (χ1) is 14.0. The van der Waals surface area contributed by atoms with Crippen molar-refractivity contribution in [3.05, 3.63) is 88.5 Å². The van der Waals surface area contributed by atoms with E-state index in [-0.39, 0.29) is 18.1 Å². The number of nitrogens with one attached hydrogen (secondary N) is 1. The highest BCUT2D eigenvalue weighted by molar-refractivity contribution is 5.86. The number of para-hydroxylation sites is 1. The molecule has 3 N–H and O–H groups in total. The van der Waals surface area contributed by atoms with Crippen LogP contribution in [0, 0.1) is 0 Å². The van der Waals surface area contributed by atoms with Gasteiger partial charge in [-0.15, -0.1) is 0 Å². The quantitative estimate of drug-likeness (QED) is 0.533. The van der Waals surface area contributed by atoms with Crippen LogP contribution in [0.4, 0.5) is 0 Å². The molecule has 1 atom stereocenters. The van der Waals surface area contributed by atoms with Gasteiger partial charge in [-0.25, -0.2) is 4.98 Å². The number of nitrogens with two attached hydrogens (primary N) is 1. The number of nitrogens with zero attached hydrogens (tertiary/aromatic N) is 2. The summed E-state index contributed by atoms with van der Waals surface area (Å²) in [6.07, 6.45) is 0. The van der Waals surface area contributed by atoms with Gasteiger partial charge in [0.15, 0.2) is 0 Å². The van der Waals surface area contributed by atoms with Crippen molar-refractivity contribution >= 4 is 27.6 Å². The average molecular weight is 386 g/mol. The average Bonchev–Trinajstić information content (AvgIpc) is 2.73. The van der Waals surface area contributed by atoms with E-state index < -0.39 is 5.91 Å². The van der Waals surface area contributed by atoms with Crippen molar-refractivity contribution in [1.29, 1.82) is 0 Å². The Labute approximate surface area is 168 Å². The van der Waals surface area contributed by atoms with Gasteiger partial charge in [0.25, 0.3) is 5.56 Å². The summed E-state index contributed by atoms with van der Waals surface area (Å²) in [5.74, 6) is -0.0906. The summed E-state index contributed by atoms with van der Waals surface area (Å²) in [6, 6.07) is 21.6. The molecule has 146 valence electrons. The Morgan fingerprint density at radius 3 is 2.52 bits per heavy atom. The molecule has 0 bridgehead atoms. The van der Waals surface area contributed by atoms with Crippen LogP contribution in [0.15, 0.2) is 71.5 Å². The smallest absolute Gasteiger partial charge is 0.261 e. The number of amides is 1. The highest BCUT2D eigenvalue weighted by Crippen LogP contribution is 2.24. The molecule has 0 spiro atoms. The number of aromatic nitrogens is 2. The predicted octanol–water partition coefficient (Wildman–Crippen LogP) is 2.89. The lowest BCUT2D eigenvalue weighted by molar-refractivity contribution is -0.118. The number of benzene rings is 3. The minimum absolute atomic E-state index is 0.0199. The maximum atomic E-state index is 12.9. The lowest BCUT2D eigenvalue weighted by atomic mass is 10.00. The zero-order valence-electron chi connectivity index (χ0n) is 16.1. The molecular weight excluding hydrogens is 364 g/mol. The van der Waals surface area contributed by atoms with Gasteiger partial charge in [0.05, 0.1) is 17.4 Å². The van der Waals surface area contributed by atoms with Gasteiger partial charge in [0.1, 0.15) is 12.4 Å². The minimum Gasteiger partial charge on any atom is -0.368 e. The highest BCUT2D eigenvalue weighted by atomic mass is 16.2. The molecule has 0 saturated carbocycles. The summed E-state index contributed by atoms with van der Waals surface area (Å²) < 4.78 is 1.35. The molecule has 1 aromatic heterocycles. The van der Waals surface area contributed by atoms with Crippen LogP contribution in [-0.4, -0.2) is 15.5 Å². The van der Waals surface area contributed by atoms with Crippen LogP contribution in [0.5, 0.6) is 0 Å². The fraction of sp³-hybridized carbons (Fsp3) is 0.174. The summed E-state index contributed by atoms with van der Waals surface area (Å²) in [5, 5.41) is 6.26. The second-order valence-corrected chi connectivity index (χ2v) is 7.07. The van der Waals surface area contributed by atoms with E-state index >= 15 is 0 Å². The Morgan fingerprint density at radius 2 is 1.72 bits per heavy atom. The lowest BCUT2D eigenvalue weighted by Gasteiger charge is -2.18. The van der Waals surface area contributed by atoms with E-state index in [1.165, 1.54) is 15.3 Å². The maximum absolute atomic E-state index is 12.9. The van der Waals surface area contributed by atoms with E-state index in [1.807, 2.05) is 24.3 Å². The Morgan fingerprint density at radius 1 is 1.03 bits per heavy atom. The van der Waals surface area contributed by atoms with Crippen molar-refractivity contribution in [3.8, 4) is 0 Å².